The first-order chi connectivity index (χ1) is 9.69. The Kier molecular flexibility index (Phi) is 3.58. The Bertz CT molecular complexity index is 486. The van der Waals surface area contributed by atoms with E-state index >= 15 is 0 Å². The minimum atomic E-state index is 0.0406. The number of ether oxygens (including phenoxy) is 1. The summed E-state index contributed by atoms with van der Waals surface area (Å²) in [7, 11) is 0. The highest BCUT2D eigenvalue weighted by Crippen LogP contribution is 2.27. The van der Waals surface area contributed by atoms with Gasteiger partial charge in [0.15, 0.2) is 0 Å². The quantitative estimate of drug-likeness (QED) is 0.634. The molecular formula is C14H20N4O2. The first-order valence-corrected chi connectivity index (χ1v) is 7.12. The number of pyridine rings is 1. The van der Waals surface area contributed by atoms with E-state index < -0.39 is 0 Å². The van der Waals surface area contributed by atoms with Gasteiger partial charge in [0, 0.05) is 24.3 Å². The van der Waals surface area contributed by atoms with Crippen LogP contribution in [0.1, 0.15) is 35.8 Å². The topological polar surface area (TPSA) is 80.5 Å². The molecule has 20 heavy (non-hydrogen) atoms. The fourth-order valence-corrected chi connectivity index (χ4v) is 2.93. The molecule has 0 aromatic carbocycles. The third-order valence-electron chi connectivity index (χ3n) is 3.97. The van der Waals surface area contributed by atoms with Crippen LogP contribution >= 0.6 is 0 Å². The molecule has 2 aliphatic rings. The fourth-order valence-electron chi connectivity index (χ4n) is 2.93. The van der Waals surface area contributed by atoms with Crippen LogP contribution in [0.3, 0.4) is 0 Å². The Hall–Kier alpha value is -1.66. The predicted octanol–water partition coefficient (Wildman–Crippen LogP) is 0.933. The van der Waals surface area contributed by atoms with Gasteiger partial charge in [-0.1, -0.05) is 6.92 Å². The van der Waals surface area contributed by atoms with Gasteiger partial charge in [-0.25, -0.2) is 10.8 Å². The zero-order chi connectivity index (χ0) is 14.1. The van der Waals surface area contributed by atoms with Crippen molar-refractivity contribution in [2.24, 2.45) is 5.84 Å². The van der Waals surface area contributed by atoms with Gasteiger partial charge in [0.25, 0.3) is 5.91 Å². The molecule has 1 aromatic heterocycles. The van der Waals surface area contributed by atoms with Crippen LogP contribution in [0.5, 0.6) is 0 Å². The van der Waals surface area contributed by atoms with Gasteiger partial charge in [-0.05, 0) is 31.4 Å². The Morgan fingerprint density at radius 1 is 1.45 bits per heavy atom. The third kappa shape index (κ3) is 2.48. The number of nitrogens with two attached hydrogens (primary N) is 1. The van der Waals surface area contributed by atoms with Crippen molar-refractivity contribution in [1.29, 1.82) is 0 Å². The number of hydrazine groups is 1. The molecule has 0 spiro atoms. The average molecular weight is 276 g/mol. The molecule has 3 rings (SSSR count). The summed E-state index contributed by atoms with van der Waals surface area (Å²) in [6.45, 7) is 3.38. The van der Waals surface area contributed by atoms with E-state index in [1.54, 1.807) is 6.07 Å². The number of rotatable bonds is 3. The highest BCUT2D eigenvalue weighted by molar-refractivity contribution is 5.95. The minimum Gasteiger partial charge on any atom is -0.371 e. The number of anilines is 1. The van der Waals surface area contributed by atoms with Gasteiger partial charge in [0.2, 0.25) is 0 Å². The summed E-state index contributed by atoms with van der Waals surface area (Å²) in [4.78, 5) is 18.8. The maximum Gasteiger partial charge on any atom is 0.254 e. The Morgan fingerprint density at radius 3 is 2.75 bits per heavy atom. The molecule has 3 heterocycles. The van der Waals surface area contributed by atoms with Crippen LogP contribution in [-0.4, -0.2) is 41.1 Å². The van der Waals surface area contributed by atoms with E-state index in [1.807, 2.05) is 17.9 Å². The molecular weight excluding hydrogens is 256 g/mol. The second-order valence-electron chi connectivity index (χ2n) is 5.40. The van der Waals surface area contributed by atoms with E-state index in [2.05, 4.69) is 10.4 Å². The van der Waals surface area contributed by atoms with Gasteiger partial charge in [0.1, 0.15) is 5.82 Å². The summed E-state index contributed by atoms with van der Waals surface area (Å²) in [5, 5.41) is 0. The highest BCUT2D eigenvalue weighted by atomic mass is 16.5. The van der Waals surface area contributed by atoms with Crippen LogP contribution in [0, 0.1) is 0 Å². The Labute approximate surface area is 118 Å². The summed E-state index contributed by atoms with van der Waals surface area (Å²) < 4.78 is 5.76. The van der Waals surface area contributed by atoms with E-state index in [0.717, 1.165) is 25.0 Å². The van der Waals surface area contributed by atoms with Crippen molar-refractivity contribution in [3.63, 3.8) is 0 Å². The molecule has 108 valence electrons. The number of aryl methyl sites for hydroxylation is 1. The smallest absolute Gasteiger partial charge is 0.254 e. The van der Waals surface area contributed by atoms with Crippen LogP contribution in [0.4, 0.5) is 5.82 Å². The first-order valence-electron chi connectivity index (χ1n) is 7.12. The molecule has 6 nitrogen and oxygen atoms in total. The SMILES string of the molecule is CCc1cc(C(=O)N2CC3CCC(C2)O3)cc(NN)n1. The molecule has 0 aliphatic carbocycles. The molecule has 6 heteroatoms. The molecule has 1 aromatic rings. The van der Waals surface area contributed by atoms with Crippen molar-refractivity contribution in [1.82, 2.24) is 9.88 Å². The normalized spacial score (nSPS) is 24.8. The van der Waals surface area contributed by atoms with Crippen molar-refractivity contribution in [2.45, 2.75) is 38.4 Å². The maximum absolute atomic E-state index is 12.6. The average Bonchev–Trinajstić information content (AvgIpc) is 2.84. The highest BCUT2D eigenvalue weighted by Gasteiger charge is 2.36. The third-order valence-corrected chi connectivity index (χ3v) is 3.97. The number of carbonyl (C=O) groups is 1. The van der Waals surface area contributed by atoms with Crippen LogP contribution < -0.4 is 11.3 Å². The van der Waals surface area contributed by atoms with Crippen molar-refractivity contribution >= 4 is 11.7 Å². The molecule has 0 saturated carbocycles. The summed E-state index contributed by atoms with van der Waals surface area (Å²) in [5.74, 6) is 5.99. The second kappa shape index (κ2) is 5.38. The Balaban J connectivity index is 1.82. The number of morpholine rings is 1. The monoisotopic (exact) mass is 276 g/mol. The van der Waals surface area contributed by atoms with Gasteiger partial charge in [-0.2, -0.15) is 0 Å². The van der Waals surface area contributed by atoms with Crippen LogP contribution in [0.2, 0.25) is 0 Å². The van der Waals surface area contributed by atoms with E-state index in [9.17, 15) is 4.79 Å². The van der Waals surface area contributed by atoms with Crippen LogP contribution in [0.15, 0.2) is 12.1 Å². The van der Waals surface area contributed by atoms with Gasteiger partial charge in [-0.15, -0.1) is 0 Å². The largest absolute Gasteiger partial charge is 0.371 e. The zero-order valence-corrected chi connectivity index (χ0v) is 11.6. The number of carbonyl (C=O) groups excluding carboxylic acids is 1. The van der Waals surface area contributed by atoms with E-state index in [4.69, 9.17) is 10.6 Å². The Morgan fingerprint density at radius 2 is 2.15 bits per heavy atom. The number of fused-ring (bicyclic) bond motifs is 2. The number of nitrogens with one attached hydrogen (secondary N) is 1. The molecule has 2 atom stereocenters. The molecule has 2 fully saturated rings. The molecule has 0 radical (unpaired) electrons. The summed E-state index contributed by atoms with van der Waals surface area (Å²) in [5.41, 5.74) is 4.03. The van der Waals surface area contributed by atoms with Crippen LogP contribution in [0.25, 0.3) is 0 Å². The van der Waals surface area contributed by atoms with E-state index in [1.165, 1.54) is 0 Å². The number of likely N-dealkylation sites (tertiary alicyclic amines) is 1. The van der Waals surface area contributed by atoms with Gasteiger partial charge in [0.05, 0.1) is 12.2 Å². The van der Waals surface area contributed by atoms with Gasteiger partial charge < -0.3 is 15.1 Å². The standard InChI is InChI=1S/C14H20N4O2/c1-2-10-5-9(6-13(16-10)17-15)14(19)18-7-11-3-4-12(8-18)20-11/h5-6,11-12H,2-4,7-8,15H2,1H3,(H,16,17). The maximum atomic E-state index is 12.6. The number of hydrogen-bond acceptors (Lipinski definition) is 5. The molecule has 3 N–H and O–H groups in total. The van der Waals surface area contributed by atoms with Crippen molar-refractivity contribution in [2.75, 3.05) is 18.5 Å². The van der Waals surface area contributed by atoms with Gasteiger partial charge >= 0.3 is 0 Å². The van der Waals surface area contributed by atoms with Crippen LogP contribution in [-0.2, 0) is 11.2 Å². The summed E-state index contributed by atoms with van der Waals surface area (Å²) >= 11 is 0. The minimum absolute atomic E-state index is 0.0406. The zero-order valence-electron chi connectivity index (χ0n) is 11.6. The van der Waals surface area contributed by atoms with Crippen molar-refractivity contribution in [3.8, 4) is 0 Å². The number of nitrogen functional groups attached to an aromatic ring is 1. The summed E-state index contributed by atoms with van der Waals surface area (Å²) in [6, 6.07) is 3.55. The fraction of sp³-hybridized carbons (Fsp3) is 0.571. The molecule has 2 unspecified atom stereocenters. The predicted molar refractivity (Wildman–Crippen MR) is 75.2 cm³/mol. The summed E-state index contributed by atoms with van der Waals surface area (Å²) in [6.07, 6.45) is 3.29. The van der Waals surface area contributed by atoms with Gasteiger partial charge in [-0.3, -0.25) is 4.79 Å². The molecule has 1 amide bonds. The lowest BCUT2D eigenvalue weighted by Crippen LogP contribution is -2.45. The van der Waals surface area contributed by atoms with E-state index in [-0.39, 0.29) is 18.1 Å². The first kappa shape index (κ1) is 13.3. The molecule has 2 saturated heterocycles. The lowest BCUT2D eigenvalue weighted by molar-refractivity contribution is -0.0303. The molecule has 2 aliphatic heterocycles. The lowest BCUT2D eigenvalue weighted by Gasteiger charge is -2.32. The van der Waals surface area contributed by atoms with Crippen molar-refractivity contribution < 1.29 is 9.53 Å². The number of hydrogen-bond donors (Lipinski definition) is 2. The second-order valence-corrected chi connectivity index (χ2v) is 5.40. The van der Waals surface area contributed by atoms with E-state index in [0.29, 0.717) is 24.5 Å². The van der Waals surface area contributed by atoms with Crippen molar-refractivity contribution in [3.05, 3.63) is 23.4 Å². The number of aromatic nitrogens is 1. The molecule has 2 bridgehead atoms. The number of nitrogens with zero attached hydrogens (tertiary/aromatic N) is 2. The lowest BCUT2D eigenvalue weighted by atomic mass is 10.1. The number of amides is 1.